The number of carbonyl (C=O) groups excluding carboxylic acids is 1. The normalized spacial score (nSPS) is 14.0. The van der Waals surface area contributed by atoms with Crippen molar-refractivity contribution >= 4 is 45.6 Å². The van der Waals surface area contributed by atoms with E-state index in [1.54, 1.807) is 13.4 Å². The first-order chi connectivity index (χ1) is 17.6. The smallest absolute Gasteiger partial charge is 0.245 e. The predicted molar refractivity (Wildman–Crippen MR) is 142 cm³/mol. The third-order valence-electron chi connectivity index (χ3n) is 6.34. The molecule has 1 amide bonds. The predicted octanol–water partition coefficient (Wildman–Crippen LogP) is 5.88. The molecule has 0 saturated carbocycles. The van der Waals surface area contributed by atoms with Crippen LogP contribution in [0.25, 0.3) is 22.2 Å². The standard InChI is InChI=1S/C27H26ClN5O3/c1-3-24(34)33-12-10-18(11-13-33)31-20-8-7-19-25(26(20)28)27(30-16-29-19)32-21-15-17(6-9-23(21)35-2)22-5-4-14-36-22/h3-9,14-16,18,31H,1,10-13H2,2H3,(H,29,30,32). The molecule has 1 saturated heterocycles. The number of ether oxygens (including phenoxy) is 1. The number of nitrogens with one attached hydrogen (secondary N) is 2. The Hall–Kier alpha value is -4.04. The highest BCUT2D eigenvalue weighted by atomic mass is 35.5. The number of nitrogens with zero attached hydrogens (tertiary/aromatic N) is 3. The van der Waals surface area contributed by atoms with E-state index in [4.69, 9.17) is 20.8 Å². The fourth-order valence-corrected chi connectivity index (χ4v) is 4.74. The van der Waals surface area contributed by atoms with Crippen LogP contribution in [0.1, 0.15) is 12.8 Å². The number of piperidine rings is 1. The van der Waals surface area contributed by atoms with Gasteiger partial charge in [0.2, 0.25) is 5.91 Å². The van der Waals surface area contributed by atoms with E-state index in [0.717, 1.165) is 41.1 Å². The molecule has 2 N–H and O–H groups in total. The van der Waals surface area contributed by atoms with Gasteiger partial charge in [-0.3, -0.25) is 4.79 Å². The van der Waals surface area contributed by atoms with E-state index in [-0.39, 0.29) is 11.9 Å². The molecule has 0 spiro atoms. The summed E-state index contributed by atoms with van der Waals surface area (Å²) in [4.78, 5) is 22.6. The van der Waals surface area contributed by atoms with Crippen molar-refractivity contribution in [2.75, 3.05) is 30.8 Å². The van der Waals surface area contributed by atoms with E-state index in [1.165, 1.54) is 12.4 Å². The van der Waals surface area contributed by atoms with Gasteiger partial charge in [-0.1, -0.05) is 18.2 Å². The molecule has 0 unspecified atom stereocenters. The van der Waals surface area contributed by atoms with Gasteiger partial charge in [-0.2, -0.15) is 0 Å². The summed E-state index contributed by atoms with van der Waals surface area (Å²) in [7, 11) is 1.62. The van der Waals surface area contributed by atoms with Crippen LogP contribution >= 0.6 is 11.6 Å². The van der Waals surface area contributed by atoms with Gasteiger partial charge in [0, 0.05) is 24.7 Å². The van der Waals surface area contributed by atoms with Crippen LogP contribution < -0.4 is 15.4 Å². The van der Waals surface area contributed by atoms with Crippen molar-refractivity contribution in [1.29, 1.82) is 0 Å². The largest absolute Gasteiger partial charge is 0.495 e. The van der Waals surface area contributed by atoms with E-state index in [0.29, 0.717) is 35.1 Å². The molecule has 1 fully saturated rings. The number of hydrogen-bond donors (Lipinski definition) is 2. The molecule has 1 aliphatic heterocycles. The summed E-state index contributed by atoms with van der Waals surface area (Å²) in [6.07, 6.45) is 6.15. The highest BCUT2D eigenvalue weighted by Crippen LogP contribution is 2.38. The zero-order chi connectivity index (χ0) is 25.1. The van der Waals surface area contributed by atoms with Gasteiger partial charge in [-0.25, -0.2) is 9.97 Å². The Labute approximate surface area is 213 Å². The van der Waals surface area contributed by atoms with Crippen molar-refractivity contribution in [1.82, 2.24) is 14.9 Å². The number of amides is 1. The third-order valence-corrected chi connectivity index (χ3v) is 6.73. The quantitative estimate of drug-likeness (QED) is 0.304. The maximum Gasteiger partial charge on any atom is 0.245 e. The lowest BCUT2D eigenvalue weighted by Crippen LogP contribution is -2.41. The second-order valence-corrected chi connectivity index (χ2v) is 8.89. The number of methoxy groups -OCH3 is 1. The first-order valence-corrected chi connectivity index (χ1v) is 12.0. The van der Waals surface area contributed by atoms with Crippen molar-refractivity contribution in [2.24, 2.45) is 0 Å². The SMILES string of the molecule is C=CC(=O)N1CCC(Nc2ccc3ncnc(Nc4cc(-c5ccco5)ccc4OC)c3c2Cl)CC1. The lowest BCUT2D eigenvalue weighted by atomic mass is 10.0. The number of hydrogen-bond acceptors (Lipinski definition) is 7. The first kappa shape index (κ1) is 23.7. The average Bonchev–Trinajstić information content (AvgIpc) is 3.45. The number of carbonyl (C=O) groups is 1. The Bertz CT molecular complexity index is 1400. The van der Waals surface area contributed by atoms with Crippen molar-refractivity contribution in [3.05, 3.63) is 72.7 Å². The lowest BCUT2D eigenvalue weighted by Gasteiger charge is -2.32. The molecule has 5 rings (SSSR count). The zero-order valence-corrected chi connectivity index (χ0v) is 20.6. The number of furan rings is 1. The minimum absolute atomic E-state index is 0.0309. The van der Waals surface area contributed by atoms with Crippen LogP contribution in [0.4, 0.5) is 17.2 Å². The minimum Gasteiger partial charge on any atom is -0.495 e. The van der Waals surface area contributed by atoms with Gasteiger partial charge >= 0.3 is 0 Å². The highest BCUT2D eigenvalue weighted by Gasteiger charge is 2.23. The van der Waals surface area contributed by atoms with Crippen LogP contribution in [-0.2, 0) is 4.79 Å². The summed E-state index contributed by atoms with van der Waals surface area (Å²) in [6, 6.07) is 13.5. The first-order valence-electron chi connectivity index (χ1n) is 11.7. The maximum absolute atomic E-state index is 11.9. The van der Waals surface area contributed by atoms with Gasteiger partial charge in [-0.15, -0.1) is 0 Å². The van der Waals surface area contributed by atoms with E-state index >= 15 is 0 Å². The fourth-order valence-electron chi connectivity index (χ4n) is 4.44. The maximum atomic E-state index is 11.9. The molecule has 9 heteroatoms. The Morgan fingerprint density at radius 3 is 2.75 bits per heavy atom. The molecular formula is C27H26ClN5O3. The molecule has 8 nitrogen and oxygen atoms in total. The molecule has 1 aliphatic rings. The molecule has 0 radical (unpaired) electrons. The number of rotatable bonds is 7. The van der Waals surface area contributed by atoms with Crippen LogP contribution in [0.5, 0.6) is 5.75 Å². The van der Waals surface area contributed by atoms with Gasteiger partial charge in [0.15, 0.2) is 0 Å². The lowest BCUT2D eigenvalue weighted by molar-refractivity contribution is -0.126. The molecule has 184 valence electrons. The van der Waals surface area contributed by atoms with Crippen LogP contribution in [0.15, 0.2) is 72.1 Å². The van der Waals surface area contributed by atoms with Gasteiger partial charge in [0.05, 0.1) is 40.7 Å². The molecular weight excluding hydrogens is 478 g/mol. The second-order valence-electron chi connectivity index (χ2n) is 8.51. The third kappa shape index (κ3) is 4.72. The Morgan fingerprint density at radius 1 is 1.19 bits per heavy atom. The number of benzene rings is 2. The minimum atomic E-state index is -0.0309. The van der Waals surface area contributed by atoms with E-state index in [1.807, 2.05) is 47.4 Å². The highest BCUT2D eigenvalue weighted by molar-refractivity contribution is 6.39. The Kier molecular flexibility index (Phi) is 6.77. The van der Waals surface area contributed by atoms with Crippen LogP contribution in [0.3, 0.4) is 0 Å². The molecule has 2 aromatic carbocycles. The molecule has 3 heterocycles. The number of anilines is 3. The number of halogens is 1. The number of aromatic nitrogens is 2. The summed E-state index contributed by atoms with van der Waals surface area (Å²) < 4.78 is 11.1. The van der Waals surface area contributed by atoms with Crippen molar-refractivity contribution in [3.8, 4) is 17.1 Å². The van der Waals surface area contributed by atoms with Gasteiger partial charge < -0.3 is 24.7 Å². The summed E-state index contributed by atoms with van der Waals surface area (Å²) in [5, 5.41) is 8.16. The van der Waals surface area contributed by atoms with Crippen molar-refractivity contribution in [2.45, 2.75) is 18.9 Å². The van der Waals surface area contributed by atoms with E-state index in [2.05, 4.69) is 27.2 Å². The number of fused-ring (bicyclic) bond motifs is 1. The number of likely N-dealkylation sites (tertiary alicyclic amines) is 1. The van der Waals surface area contributed by atoms with E-state index in [9.17, 15) is 4.79 Å². The molecule has 4 aromatic rings. The van der Waals surface area contributed by atoms with Crippen molar-refractivity contribution in [3.63, 3.8) is 0 Å². The second kappa shape index (κ2) is 10.3. The average molecular weight is 504 g/mol. The fraction of sp³-hybridized carbons (Fsp3) is 0.222. The molecule has 0 aliphatic carbocycles. The van der Waals surface area contributed by atoms with Crippen LogP contribution in [0.2, 0.25) is 5.02 Å². The molecule has 2 aromatic heterocycles. The summed E-state index contributed by atoms with van der Waals surface area (Å²) in [5.41, 5.74) is 3.14. The van der Waals surface area contributed by atoms with Crippen molar-refractivity contribution < 1.29 is 13.9 Å². The zero-order valence-electron chi connectivity index (χ0n) is 19.8. The summed E-state index contributed by atoms with van der Waals surface area (Å²) in [6.45, 7) is 4.93. The van der Waals surface area contributed by atoms with Gasteiger partial charge in [-0.05, 0) is 61.4 Å². The summed E-state index contributed by atoms with van der Waals surface area (Å²) >= 11 is 6.91. The van der Waals surface area contributed by atoms with Gasteiger partial charge in [0.25, 0.3) is 0 Å². The monoisotopic (exact) mass is 503 g/mol. The van der Waals surface area contributed by atoms with Crippen LogP contribution in [-0.4, -0.2) is 47.0 Å². The van der Waals surface area contributed by atoms with E-state index < -0.39 is 0 Å². The molecule has 0 bridgehead atoms. The Balaban J connectivity index is 1.43. The van der Waals surface area contributed by atoms with Gasteiger partial charge in [0.1, 0.15) is 23.7 Å². The summed E-state index contributed by atoms with van der Waals surface area (Å²) in [5.74, 6) is 1.94. The van der Waals surface area contributed by atoms with Crippen LogP contribution in [0, 0.1) is 0 Å². The molecule has 0 atom stereocenters. The Morgan fingerprint density at radius 2 is 2.03 bits per heavy atom. The topological polar surface area (TPSA) is 92.5 Å². The molecule has 36 heavy (non-hydrogen) atoms.